The normalized spacial score (nSPS) is 17.1. The summed E-state index contributed by atoms with van der Waals surface area (Å²) in [6.07, 6.45) is 4.40. The maximum atomic E-state index is 12.6. The second kappa shape index (κ2) is 8.51. The summed E-state index contributed by atoms with van der Waals surface area (Å²) >= 11 is 0. The Hall–Kier alpha value is -3.19. The monoisotopic (exact) mass is 417 g/mol. The van der Waals surface area contributed by atoms with E-state index in [4.69, 9.17) is 0 Å². The molecule has 31 heavy (non-hydrogen) atoms. The van der Waals surface area contributed by atoms with Crippen LogP contribution in [-0.4, -0.2) is 53.3 Å². The fourth-order valence-corrected chi connectivity index (χ4v) is 4.21. The van der Waals surface area contributed by atoms with E-state index < -0.39 is 0 Å². The molecule has 2 fully saturated rings. The summed E-state index contributed by atoms with van der Waals surface area (Å²) in [7, 11) is 0. The Morgan fingerprint density at radius 1 is 1.03 bits per heavy atom. The summed E-state index contributed by atoms with van der Waals surface area (Å²) in [6.45, 7) is 5.30. The maximum Gasteiger partial charge on any atom is 0.275 e. The average Bonchev–Trinajstić information content (AvgIpc) is 3.61. The van der Waals surface area contributed by atoms with Crippen molar-refractivity contribution in [1.29, 1.82) is 0 Å². The largest absolute Gasteiger partial charge is 0.369 e. The molecule has 1 aliphatic heterocycles. The minimum Gasteiger partial charge on any atom is -0.369 e. The van der Waals surface area contributed by atoms with E-state index in [2.05, 4.69) is 26.3 Å². The minimum absolute atomic E-state index is 0.117. The highest BCUT2D eigenvalue weighted by Gasteiger charge is 2.26. The lowest BCUT2D eigenvalue weighted by Gasteiger charge is -2.36. The topological polar surface area (TPSA) is 70.5 Å². The van der Waals surface area contributed by atoms with Crippen LogP contribution in [0.5, 0.6) is 0 Å². The van der Waals surface area contributed by atoms with Crippen LogP contribution in [0.15, 0.2) is 59.5 Å². The number of benzene rings is 2. The highest BCUT2D eigenvalue weighted by Crippen LogP contribution is 2.30. The number of piperazine rings is 1. The fraction of sp³-hybridized carbons (Fsp3) is 0.375. The van der Waals surface area contributed by atoms with Crippen molar-refractivity contribution in [3.05, 3.63) is 65.1 Å². The molecule has 0 atom stereocenters. The van der Waals surface area contributed by atoms with Gasteiger partial charge in [-0.2, -0.15) is 5.10 Å². The Labute approximate surface area is 181 Å². The van der Waals surface area contributed by atoms with Gasteiger partial charge in [0.2, 0.25) is 5.91 Å². The number of rotatable bonds is 6. The van der Waals surface area contributed by atoms with Gasteiger partial charge in [0.15, 0.2) is 0 Å². The Morgan fingerprint density at radius 3 is 2.65 bits per heavy atom. The molecule has 1 saturated heterocycles. The van der Waals surface area contributed by atoms with Crippen LogP contribution in [0, 0.1) is 5.92 Å². The average molecular weight is 418 g/mol. The number of amides is 1. The third kappa shape index (κ3) is 4.61. The summed E-state index contributed by atoms with van der Waals surface area (Å²) in [4.78, 5) is 30.1. The smallest absolute Gasteiger partial charge is 0.275 e. The molecule has 1 aliphatic carbocycles. The third-order valence-electron chi connectivity index (χ3n) is 6.14. The molecular formula is C24H27N5O2. The van der Waals surface area contributed by atoms with E-state index in [0.29, 0.717) is 5.39 Å². The molecule has 1 N–H and O–H groups in total. The Morgan fingerprint density at radius 2 is 1.84 bits per heavy atom. The molecule has 0 spiro atoms. The molecule has 1 amide bonds. The fourth-order valence-electron chi connectivity index (χ4n) is 4.21. The quantitative estimate of drug-likeness (QED) is 0.668. The number of nitrogens with zero attached hydrogens (tertiary/aromatic N) is 4. The van der Waals surface area contributed by atoms with Crippen molar-refractivity contribution < 1.29 is 4.79 Å². The minimum atomic E-state index is -0.267. The zero-order valence-corrected chi connectivity index (χ0v) is 17.5. The molecule has 0 radical (unpaired) electrons. The van der Waals surface area contributed by atoms with E-state index in [1.54, 1.807) is 12.3 Å². The number of nitrogens with one attached hydrogen (secondary N) is 1. The van der Waals surface area contributed by atoms with Gasteiger partial charge in [-0.15, -0.1) is 0 Å². The summed E-state index contributed by atoms with van der Waals surface area (Å²) in [6, 6.07) is 15.2. The van der Waals surface area contributed by atoms with Crippen LogP contribution >= 0.6 is 0 Å². The first-order chi connectivity index (χ1) is 15.2. The molecule has 2 aliphatic rings. The summed E-state index contributed by atoms with van der Waals surface area (Å²) in [5, 5.41) is 8.39. The van der Waals surface area contributed by atoms with Crippen LogP contribution in [0.3, 0.4) is 0 Å². The van der Waals surface area contributed by atoms with Crippen molar-refractivity contribution in [3.63, 3.8) is 0 Å². The van der Waals surface area contributed by atoms with Crippen LogP contribution in [0.2, 0.25) is 0 Å². The maximum absolute atomic E-state index is 12.6. The van der Waals surface area contributed by atoms with Gasteiger partial charge >= 0.3 is 0 Å². The van der Waals surface area contributed by atoms with Gasteiger partial charge in [-0.3, -0.25) is 14.5 Å². The van der Waals surface area contributed by atoms with Crippen molar-refractivity contribution in [3.8, 4) is 0 Å². The summed E-state index contributed by atoms with van der Waals surface area (Å²) < 4.78 is 1.21. The lowest BCUT2D eigenvalue weighted by Crippen LogP contribution is -2.47. The number of carbonyl (C=O) groups is 1. The first-order valence-corrected chi connectivity index (χ1v) is 11.0. The van der Waals surface area contributed by atoms with Crippen LogP contribution in [-0.2, 0) is 11.3 Å². The molecule has 7 nitrogen and oxygen atoms in total. The predicted molar refractivity (Wildman–Crippen MR) is 122 cm³/mol. The van der Waals surface area contributed by atoms with E-state index in [1.807, 2.05) is 36.4 Å². The van der Waals surface area contributed by atoms with Crippen LogP contribution in [0.25, 0.3) is 10.8 Å². The van der Waals surface area contributed by atoms with Crippen LogP contribution in [0.4, 0.5) is 11.4 Å². The van der Waals surface area contributed by atoms with Crippen LogP contribution in [0.1, 0.15) is 12.8 Å². The number of fused-ring (bicyclic) bond motifs is 1. The number of hydrogen-bond acceptors (Lipinski definition) is 5. The molecule has 0 bridgehead atoms. The van der Waals surface area contributed by atoms with E-state index in [-0.39, 0.29) is 18.0 Å². The first kappa shape index (κ1) is 19.8. The molecular weight excluding hydrogens is 390 g/mol. The highest BCUT2D eigenvalue weighted by molar-refractivity contribution is 5.91. The molecule has 0 unspecified atom stereocenters. The molecule has 2 heterocycles. The van der Waals surface area contributed by atoms with Crippen molar-refractivity contribution in [2.24, 2.45) is 5.92 Å². The van der Waals surface area contributed by atoms with Gasteiger partial charge in [0, 0.05) is 49.5 Å². The zero-order valence-electron chi connectivity index (χ0n) is 17.5. The molecule has 1 aromatic heterocycles. The number of hydrogen-bond donors (Lipinski definition) is 1. The van der Waals surface area contributed by atoms with Gasteiger partial charge in [0.05, 0.1) is 11.6 Å². The van der Waals surface area contributed by atoms with Crippen molar-refractivity contribution in [2.75, 3.05) is 42.9 Å². The SMILES string of the molecule is O=C(Cn1ncc2ccccc2c1=O)Nc1cccc(N2CCN(CC3CC3)CC2)c1. The van der Waals surface area contributed by atoms with E-state index in [1.165, 1.54) is 24.1 Å². The molecule has 7 heteroatoms. The van der Waals surface area contributed by atoms with Gasteiger partial charge in [0.1, 0.15) is 6.54 Å². The van der Waals surface area contributed by atoms with E-state index in [9.17, 15) is 9.59 Å². The summed E-state index contributed by atoms with van der Waals surface area (Å²) in [5.74, 6) is 0.658. The van der Waals surface area contributed by atoms with E-state index in [0.717, 1.165) is 48.9 Å². The molecule has 5 rings (SSSR count). The van der Waals surface area contributed by atoms with Crippen molar-refractivity contribution >= 4 is 28.1 Å². The number of aromatic nitrogens is 2. The first-order valence-electron chi connectivity index (χ1n) is 11.0. The van der Waals surface area contributed by atoms with Crippen LogP contribution < -0.4 is 15.8 Å². The number of anilines is 2. The predicted octanol–water partition coefficient (Wildman–Crippen LogP) is 2.57. The van der Waals surface area contributed by atoms with Crippen molar-refractivity contribution in [2.45, 2.75) is 19.4 Å². The second-order valence-corrected chi connectivity index (χ2v) is 8.52. The lowest BCUT2D eigenvalue weighted by atomic mass is 10.2. The van der Waals surface area contributed by atoms with E-state index >= 15 is 0 Å². The van der Waals surface area contributed by atoms with Gasteiger partial charge < -0.3 is 10.2 Å². The van der Waals surface area contributed by atoms with Gasteiger partial charge in [-0.25, -0.2) is 4.68 Å². The Bertz CT molecular complexity index is 1150. The second-order valence-electron chi connectivity index (χ2n) is 8.52. The Kier molecular flexibility index (Phi) is 5.42. The zero-order chi connectivity index (χ0) is 21.2. The number of carbonyl (C=O) groups excluding carboxylic acids is 1. The Balaban J connectivity index is 1.22. The molecule has 160 valence electrons. The summed E-state index contributed by atoms with van der Waals surface area (Å²) in [5.41, 5.74) is 1.59. The molecule has 3 aromatic rings. The van der Waals surface area contributed by atoms with Gasteiger partial charge in [-0.1, -0.05) is 24.3 Å². The molecule has 2 aromatic carbocycles. The highest BCUT2D eigenvalue weighted by atomic mass is 16.2. The standard InChI is InChI=1S/C24H27N5O2/c30-23(17-29-24(31)22-7-2-1-4-19(22)15-25-29)26-20-5-3-6-21(14-20)28-12-10-27(11-13-28)16-18-8-9-18/h1-7,14-15,18H,8-13,16-17H2,(H,26,30). The van der Waals surface area contributed by atoms with Crippen molar-refractivity contribution in [1.82, 2.24) is 14.7 Å². The third-order valence-corrected chi connectivity index (χ3v) is 6.14. The van der Waals surface area contributed by atoms with Gasteiger partial charge in [0.25, 0.3) is 5.56 Å². The van der Waals surface area contributed by atoms with Gasteiger partial charge in [-0.05, 0) is 43.0 Å². The lowest BCUT2D eigenvalue weighted by molar-refractivity contribution is -0.117. The molecule has 1 saturated carbocycles.